The first-order chi connectivity index (χ1) is 9.31. The fourth-order valence-electron chi connectivity index (χ4n) is 1.74. The van der Waals surface area contributed by atoms with Gasteiger partial charge in [0.2, 0.25) is 5.89 Å². The summed E-state index contributed by atoms with van der Waals surface area (Å²) >= 11 is 0. The summed E-state index contributed by atoms with van der Waals surface area (Å²) in [6.45, 7) is 5.80. The summed E-state index contributed by atoms with van der Waals surface area (Å²) in [5.41, 5.74) is 2.24. The van der Waals surface area contributed by atoms with Crippen LogP contribution in [0.5, 0.6) is 0 Å². The smallest absolute Gasteiger partial charge is 0.320 e. The highest BCUT2D eigenvalue weighted by Gasteiger charge is 2.05. The first-order valence-electron chi connectivity index (χ1n) is 6.71. The van der Waals surface area contributed by atoms with Gasteiger partial charge in [-0.25, -0.2) is 0 Å². The molecule has 0 fully saturated rings. The van der Waals surface area contributed by atoms with Crippen LogP contribution in [0.4, 0.5) is 11.7 Å². The highest BCUT2D eigenvalue weighted by molar-refractivity contribution is 5.52. The van der Waals surface area contributed by atoms with Crippen LogP contribution in [0.3, 0.4) is 0 Å². The van der Waals surface area contributed by atoms with Crippen LogP contribution in [0.1, 0.15) is 31.7 Å². The van der Waals surface area contributed by atoms with Crippen molar-refractivity contribution in [3.63, 3.8) is 0 Å². The maximum atomic E-state index is 5.51. The molecule has 0 aliphatic rings. The molecule has 0 atom stereocenters. The van der Waals surface area contributed by atoms with E-state index in [1.54, 1.807) is 0 Å². The monoisotopic (exact) mass is 260 g/mol. The van der Waals surface area contributed by atoms with Crippen LogP contribution >= 0.6 is 0 Å². The zero-order valence-electron chi connectivity index (χ0n) is 11.4. The first-order valence-corrected chi connectivity index (χ1v) is 6.71. The molecule has 0 aliphatic heterocycles. The number of anilines is 2. The highest BCUT2D eigenvalue weighted by Crippen LogP contribution is 2.16. The molecule has 1 heterocycles. The Labute approximate surface area is 113 Å². The third-order valence-corrected chi connectivity index (χ3v) is 2.76. The summed E-state index contributed by atoms with van der Waals surface area (Å²) in [6.07, 6.45) is 2.09. The Hall–Kier alpha value is -1.88. The topological polar surface area (TPSA) is 63.0 Å². The Balaban J connectivity index is 1.95. The lowest BCUT2D eigenvalue weighted by Crippen LogP contribution is -2.13. The number of hydrogen-bond donors (Lipinski definition) is 2. The van der Waals surface area contributed by atoms with Crippen molar-refractivity contribution in [1.29, 1.82) is 0 Å². The Kier molecular flexibility index (Phi) is 4.92. The fraction of sp³-hybridized carbons (Fsp3) is 0.429. The minimum absolute atomic E-state index is 0.432. The van der Waals surface area contributed by atoms with Crippen molar-refractivity contribution in [2.45, 2.75) is 33.2 Å². The summed E-state index contributed by atoms with van der Waals surface area (Å²) < 4.78 is 5.51. The van der Waals surface area contributed by atoms with Gasteiger partial charge in [0.25, 0.3) is 0 Å². The highest BCUT2D eigenvalue weighted by atomic mass is 16.4. The maximum Gasteiger partial charge on any atom is 0.320 e. The summed E-state index contributed by atoms with van der Waals surface area (Å²) in [6, 6.07) is 8.61. The van der Waals surface area contributed by atoms with Crippen LogP contribution in [-0.2, 0) is 13.0 Å². The number of hydrogen-bond acceptors (Lipinski definition) is 5. The second-order valence-corrected chi connectivity index (χ2v) is 4.36. The number of rotatable bonds is 7. The van der Waals surface area contributed by atoms with Gasteiger partial charge in [-0.2, -0.15) is 0 Å². The van der Waals surface area contributed by atoms with E-state index in [1.807, 2.05) is 12.1 Å². The zero-order chi connectivity index (χ0) is 13.5. The molecule has 0 aliphatic carbocycles. The summed E-state index contributed by atoms with van der Waals surface area (Å²) in [5.74, 6) is 0.600. The van der Waals surface area contributed by atoms with Crippen molar-refractivity contribution >= 4 is 11.7 Å². The van der Waals surface area contributed by atoms with E-state index in [1.165, 1.54) is 5.56 Å². The molecule has 2 rings (SSSR count). The van der Waals surface area contributed by atoms with E-state index in [9.17, 15) is 0 Å². The van der Waals surface area contributed by atoms with Crippen molar-refractivity contribution in [2.75, 3.05) is 11.9 Å². The molecule has 1 aromatic heterocycles. The van der Waals surface area contributed by atoms with Gasteiger partial charge in [0.05, 0.1) is 6.54 Å². The second kappa shape index (κ2) is 6.89. The van der Waals surface area contributed by atoms with Crippen molar-refractivity contribution in [2.24, 2.45) is 0 Å². The van der Waals surface area contributed by atoms with Crippen LogP contribution in [0.25, 0.3) is 0 Å². The Morgan fingerprint density at radius 3 is 2.89 bits per heavy atom. The molecule has 2 aromatic rings. The molecule has 0 radical (unpaired) electrons. The van der Waals surface area contributed by atoms with E-state index in [4.69, 9.17) is 4.42 Å². The maximum absolute atomic E-state index is 5.51. The lowest BCUT2D eigenvalue weighted by atomic mass is 10.1. The molecule has 2 N–H and O–H groups in total. The third kappa shape index (κ3) is 4.06. The Bertz CT molecular complexity index is 510. The molecule has 102 valence electrons. The molecule has 0 bridgehead atoms. The van der Waals surface area contributed by atoms with E-state index in [-0.39, 0.29) is 0 Å². The van der Waals surface area contributed by atoms with Gasteiger partial charge in [-0.1, -0.05) is 31.1 Å². The molecular weight excluding hydrogens is 240 g/mol. The zero-order valence-corrected chi connectivity index (χ0v) is 11.4. The molecule has 5 heteroatoms. The molecule has 19 heavy (non-hydrogen) atoms. The van der Waals surface area contributed by atoms with Gasteiger partial charge in [-0.3, -0.25) is 0 Å². The average Bonchev–Trinajstić information content (AvgIpc) is 2.87. The SMILES string of the molecule is CCCNCc1nnc(Nc2cccc(CC)c2)o1. The third-order valence-electron chi connectivity index (χ3n) is 2.76. The molecule has 0 saturated heterocycles. The lowest BCUT2D eigenvalue weighted by molar-refractivity contribution is 0.479. The van der Waals surface area contributed by atoms with Crippen molar-refractivity contribution in [1.82, 2.24) is 15.5 Å². The van der Waals surface area contributed by atoms with Gasteiger partial charge in [0.15, 0.2) is 0 Å². The minimum atomic E-state index is 0.432. The van der Waals surface area contributed by atoms with E-state index in [0.29, 0.717) is 18.5 Å². The summed E-state index contributed by atoms with van der Waals surface area (Å²) in [4.78, 5) is 0. The molecule has 0 amide bonds. The van der Waals surface area contributed by atoms with Crippen molar-refractivity contribution < 1.29 is 4.42 Å². The number of benzene rings is 1. The number of aromatic nitrogens is 2. The van der Waals surface area contributed by atoms with Crippen LogP contribution in [-0.4, -0.2) is 16.7 Å². The van der Waals surface area contributed by atoms with E-state index >= 15 is 0 Å². The average molecular weight is 260 g/mol. The normalized spacial score (nSPS) is 10.6. The van der Waals surface area contributed by atoms with Gasteiger partial charge in [0, 0.05) is 5.69 Å². The van der Waals surface area contributed by atoms with E-state index in [2.05, 4.69) is 46.8 Å². The lowest BCUT2D eigenvalue weighted by Gasteiger charge is -2.03. The van der Waals surface area contributed by atoms with Crippen LogP contribution < -0.4 is 10.6 Å². The van der Waals surface area contributed by atoms with Gasteiger partial charge in [-0.15, -0.1) is 5.10 Å². The van der Waals surface area contributed by atoms with Crippen LogP contribution in [0.2, 0.25) is 0 Å². The van der Waals surface area contributed by atoms with E-state index in [0.717, 1.165) is 25.1 Å². The van der Waals surface area contributed by atoms with Crippen LogP contribution in [0, 0.1) is 0 Å². The van der Waals surface area contributed by atoms with Crippen molar-refractivity contribution in [3.8, 4) is 0 Å². The van der Waals surface area contributed by atoms with Crippen molar-refractivity contribution in [3.05, 3.63) is 35.7 Å². The van der Waals surface area contributed by atoms with Gasteiger partial charge >= 0.3 is 6.01 Å². The largest absolute Gasteiger partial charge is 0.406 e. The van der Waals surface area contributed by atoms with Crippen LogP contribution in [0.15, 0.2) is 28.7 Å². The molecule has 1 aromatic carbocycles. The van der Waals surface area contributed by atoms with E-state index < -0.39 is 0 Å². The molecule has 0 saturated carbocycles. The summed E-state index contributed by atoms with van der Waals surface area (Å²) in [5, 5.41) is 14.3. The standard InChI is InChI=1S/C14H20N4O/c1-3-8-15-10-13-17-18-14(19-13)16-12-7-5-6-11(4-2)9-12/h5-7,9,15H,3-4,8,10H2,1-2H3,(H,16,18). The molecular formula is C14H20N4O. The minimum Gasteiger partial charge on any atom is -0.406 e. The Morgan fingerprint density at radius 2 is 2.11 bits per heavy atom. The fourth-order valence-corrected chi connectivity index (χ4v) is 1.74. The Morgan fingerprint density at radius 1 is 1.21 bits per heavy atom. The summed E-state index contributed by atoms with van der Waals surface area (Å²) in [7, 11) is 0. The predicted molar refractivity (Wildman–Crippen MR) is 75.4 cm³/mol. The number of nitrogens with one attached hydrogen (secondary N) is 2. The molecule has 0 unspecified atom stereocenters. The van der Waals surface area contributed by atoms with Gasteiger partial charge in [-0.05, 0) is 37.1 Å². The number of aryl methyl sites for hydroxylation is 1. The molecule has 5 nitrogen and oxygen atoms in total. The molecule has 0 spiro atoms. The van der Waals surface area contributed by atoms with Gasteiger partial charge in [0.1, 0.15) is 0 Å². The van der Waals surface area contributed by atoms with Gasteiger partial charge < -0.3 is 15.1 Å². The quantitative estimate of drug-likeness (QED) is 0.749. The predicted octanol–water partition coefficient (Wildman–Crippen LogP) is 2.88. The second-order valence-electron chi connectivity index (χ2n) is 4.36. The first kappa shape index (κ1) is 13.5. The number of nitrogens with zero attached hydrogens (tertiary/aromatic N) is 2.